The van der Waals surface area contributed by atoms with Gasteiger partial charge in [0.1, 0.15) is 5.75 Å². The number of carbonyl (C=O) groups excluding carboxylic acids is 1. The molecule has 0 aliphatic rings. The Morgan fingerprint density at radius 2 is 2.39 bits per heavy atom. The Morgan fingerprint density at radius 1 is 1.56 bits per heavy atom. The second-order valence-corrected chi connectivity index (χ2v) is 4.60. The zero-order chi connectivity index (χ0) is 13.0. The fraction of sp³-hybridized carbons (Fsp3) is 0.231. The van der Waals surface area contributed by atoms with Gasteiger partial charge in [-0.3, -0.25) is 10.1 Å². The number of allylic oxidation sites excluding steroid dienone is 1. The topological polar surface area (TPSA) is 51.2 Å². The Bertz CT molecular complexity index is 590. The Labute approximate surface area is 109 Å². The molecule has 0 atom stereocenters. The average Bonchev–Trinajstić information content (AvgIpc) is 2.71. The first-order valence-electron chi connectivity index (χ1n) is 5.70. The van der Waals surface area contributed by atoms with E-state index in [1.807, 2.05) is 25.1 Å². The summed E-state index contributed by atoms with van der Waals surface area (Å²) in [5.41, 5.74) is 0.860. The van der Waals surface area contributed by atoms with E-state index in [4.69, 9.17) is 4.74 Å². The van der Waals surface area contributed by atoms with Crippen LogP contribution in [0, 0.1) is 0 Å². The third kappa shape index (κ3) is 2.87. The van der Waals surface area contributed by atoms with E-state index in [9.17, 15) is 4.79 Å². The summed E-state index contributed by atoms with van der Waals surface area (Å²) in [6.07, 6.45) is 3.16. The number of anilines is 1. The molecule has 1 aromatic heterocycles. The third-order valence-corrected chi connectivity index (χ3v) is 3.15. The van der Waals surface area contributed by atoms with Gasteiger partial charge in [-0.05, 0) is 38.1 Å². The summed E-state index contributed by atoms with van der Waals surface area (Å²) < 4.78 is 6.42. The predicted molar refractivity (Wildman–Crippen MR) is 74.2 cm³/mol. The van der Waals surface area contributed by atoms with Crippen molar-refractivity contribution in [2.24, 2.45) is 0 Å². The van der Waals surface area contributed by atoms with Gasteiger partial charge in [-0.25, -0.2) is 4.98 Å². The van der Waals surface area contributed by atoms with E-state index in [1.165, 1.54) is 17.4 Å². The monoisotopic (exact) mass is 262 g/mol. The third-order valence-electron chi connectivity index (χ3n) is 2.22. The number of nitrogens with one attached hydrogen (secondary N) is 1. The lowest BCUT2D eigenvalue weighted by atomic mass is 10.3. The van der Waals surface area contributed by atoms with E-state index in [2.05, 4.69) is 10.3 Å². The summed E-state index contributed by atoms with van der Waals surface area (Å²) in [5.74, 6) is 0.654. The van der Waals surface area contributed by atoms with Gasteiger partial charge in [-0.15, -0.1) is 0 Å². The molecule has 0 saturated heterocycles. The summed E-state index contributed by atoms with van der Waals surface area (Å²) in [6, 6.07) is 5.70. The standard InChI is InChI=1S/C13H14N2O2S/c1-3-5-12(16)15-13-14-10-7-6-9(17-4-2)8-11(10)18-13/h3,5-8H,4H2,1-2H3,(H,14,15,16)/b5-3+. The summed E-state index contributed by atoms with van der Waals surface area (Å²) in [7, 11) is 0. The summed E-state index contributed by atoms with van der Waals surface area (Å²) in [5, 5.41) is 3.32. The molecule has 1 N–H and O–H groups in total. The van der Waals surface area contributed by atoms with Crippen molar-refractivity contribution in [3.63, 3.8) is 0 Å². The molecular weight excluding hydrogens is 248 g/mol. The Balaban J connectivity index is 2.24. The van der Waals surface area contributed by atoms with Crippen molar-refractivity contribution in [1.29, 1.82) is 0 Å². The Morgan fingerprint density at radius 3 is 3.11 bits per heavy atom. The second-order valence-electron chi connectivity index (χ2n) is 3.57. The van der Waals surface area contributed by atoms with Gasteiger partial charge in [0.25, 0.3) is 0 Å². The van der Waals surface area contributed by atoms with Gasteiger partial charge >= 0.3 is 0 Å². The van der Waals surface area contributed by atoms with Gasteiger partial charge in [0.2, 0.25) is 5.91 Å². The molecular formula is C13H14N2O2S. The highest BCUT2D eigenvalue weighted by molar-refractivity contribution is 7.22. The molecule has 2 rings (SSSR count). The van der Waals surface area contributed by atoms with Crippen LogP contribution >= 0.6 is 11.3 Å². The molecule has 94 valence electrons. The van der Waals surface area contributed by atoms with Crippen LogP contribution in [0.1, 0.15) is 13.8 Å². The van der Waals surface area contributed by atoms with E-state index in [0.29, 0.717) is 11.7 Å². The van der Waals surface area contributed by atoms with Crippen LogP contribution in [0.25, 0.3) is 10.2 Å². The van der Waals surface area contributed by atoms with Gasteiger partial charge in [0.05, 0.1) is 16.8 Å². The number of amides is 1. The number of carbonyl (C=O) groups is 1. The maximum Gasteiger partial charge on any atom is 0.249 e. The van der Waals surface area contributed by atoms with E-state index in [-0.39, 0.29) is 5.91 Å². The number of rotatable bonds is 4. The lowest BCUT2D eigenvalue weighted by Crippen LogP contribution is -2.06. The van der Waals surface area contributed by atoms with Crippen LogP contribution in [0.5, 0.6) is 5.75 Å². The predicted octanol–water partition coefficient (Wildman–Crippen LogP) is 3.21. The molecule has 18 heavy (non-hydrogen) atoms. The van der Waals surface area contributed by atoms with Crippen LogP contribution in [-0.2, 0) is 4.79 Å². The normalized spacial score (nSPS) is 11.0. The van der Waals surface area contributed by atoms with Crippen LogP contribution in [0.2, 0.25) is 0 Å². The lowest BCUT2D eigenvalue weighted by molar-refractivity contribution is -0.111. The first-order valence-corrected chi connectivity index (χ1v) is 6.51. The van der Waals surface area contributed by atoms with E-state index >= 15 is 0 Å². The number of benzene rings is 1. The van der Waals surface area contributed by atoms with Gasteiger partial charge in [-0.2, -0.15) is 0 Å². The van der Waals surface area contributed by atoms with Gasteiger partial charge in [0.15, 0.2) is 5.13 Å². The average molecular weight is 262 g/mol. The first kappa shape index (κ1) is 12.6. The second kappa shape index (κ2) is 5.64. The summed E-state index contributed by atoms with van der Waals surface area (Å²) >= 11 is 1.43. The van der Waals surface area contributed by atoms with Crippen LogP contribution in [0.3, 0.4) is 0 Å². The van der Waals surface area contributed by atoms with E-state index < -0.39 is 0 Å². The zero-order valence-electron chi connectivity index (χ0n) is 10.3. The molecule has 0 saturated carbocycles. The van der Waals surface area contributed by atoms with Gasteiger partial charge < -0.3 is 4.74 Å². The van der Waals surface area contributed by atoms with Crippen molar-refractivity contribution in [3.05, 3.63) is 30.4 Å². The van der Waals surface area contributed by atoms with E-state index in [0.717, 1.165) is 16.0 Å². The molecule has 4 nitrogen and oxygen atoms in total. The minimum atomic E-state index is -0.165. The molecule has 1 amide bonds. The fourth-order valence-electron chi connectivity index (χ4n) is 1.51. The van der Waals surface area contributed by atoms with Crippen LogP contribution in [0.15, 0.2) is 30.4 Å². The number of aromatic nitrogens is 1. The Hall–Kier alpha value is -1.88. The zero-order valence-corrected chi connectivity index (χ0v) is 11.1. The number of nitrogens with zero attached hydrogens (tertiary/aromatic N) is 1. The van der Waals surface area contributed by atoms with Crippen molar-refractivity contribution >= 4 is 32.6 Å². The van der Waals surface area contributed by atoms with Crippen molar-refractivity contribution in [3.8, 4) is 5.75 Å². The van der Waals surface area contributed by atoms with Crippen molar-refractivity contribution in [1.82, 2.24) is 4.98 Å². The highest BCUT2D eigenvalue weighted by atomic mass is 32.1. The molecule has 1 heterocycles. The number of fused-ring (bicyclic) bond motifs is 1. The van der Waals surface area contributed by atoms with Crippen LogP contribution in [-0.4, -0.2) is 17.5 Å². The first-order chi connectivity index (χ1) is 8.72. The quantitative estimate of drug-likeness (QED) is 0.861. The molecule has 0 unspecified atom stereocenters. The molecule has 5 heteroatoms. The molecule has 1 aromatic carbocycles. The maximum atomic E-state index is 11.4. The van der Waals surface area contributed by atoms with Crippen LogP contribution in [0.4, 0.5) is 5.13 Å². The SMILES string of the molecule is C/C=C/C(=O)Nc1nc2ccc(OCC)cc2s1. The number of hydrogen-bond acceptors (Lipinski definition) is 4. The largest absolute Gasteiger partial charge is 0.494 e. The van der Waals surface area contributed by atoms with E-state index in [1.54, 1.807) is 13.0 Å². The number of hydrogen-bond donors (Lipinski definition) is 1. The molecule has 0 fully saturated rings. The van der Waals surface area contributed by atoms with Crippen LogP contribution < -0.4 is 10.1 Å². The molecule has 0 aliphatic heterocycles. The van der Waals surface area contributed by atoms with Crippen molar-refractivity contribution in [2.45, 2.75) is 13.8 Å². The minimum absolute atomic E-state index is 0.165. The van der Waals surface area contributed by atoms with Crippen molar-refractivity contribution in [2.75, 3.05) is 11.9 Å². The number of ether oxygens (including phenoxy) is 1. The lowest BCUT2D eigenvalue weighted by Gasteiger charge is -2.00. The summed E-state index contributed by atoms with van der Waals surface area (Å²) in [4.78, 5) is 15.7. The summed E-state index contributed by atoms with van der Waals surface area (Å²) in [6.45, 7) is 4.38. The highest BCUT2D eigenvalue weighted by Gasteiger charge is 2.06. The number of thiazole rings is 1. The smallest absolute Gasteiger partial charge is 0.249 e. The fourth-order valence-corrected chi connectivity index (χ4v) is 2.41. The molecule has 0 bridgehead atoms. The maximum absolute atomic E-state index is 11.4. The molecule has 0 radical (unpaired) electrons. The molecule has 0 aliphatic carbocycles. The Kier molecular flexibility index (Phi) is 3.94. The minimum Gasteiger partial charge on any atom is -0.494 e. The van der Waals surface area contributed by atoms with Gasteiger partial charge in [-0.1, -0.05) is 17.4 Å². The molecule has 0 spiro atoms. The molecule has 2 aromatic rings. The van der Waals surface area contributed by atoms with Gasteiger partial charge in [0, 0.05) is 0 Å². The van der Waals surface area contributed by atoms with Crippen molar-refractivity contribution < 1.29 is 9.53 Å². The highest BCUT2D eigenvalue weighted by Crippen LogP contribution is 2.29.